The van der Waals surface area contributed by atoms with Crippen molar-refractivity contribution in [1.29, 1.82) is 0 Å². The van der Waals surface area contributed by atoms with E-state index < -0.39 is 0 Å². The lowest BCUT2D eigenvalue weighted by atomic mass is 10.0. The summed E-state index contributed by atoms with van der Waals surface area (Å²) in [5.74, 6) is 0.835. The van der Waals surface area contributed by atoms with Crippen LogP contribution in [0.5, 0.6) is 5.75 Å². The van der Waals surface area contributed by atoms with Gasteiger partial charge in [0.15, 0.2) is 0 Å². The molecule has 0 bridgehead atoms. The number of ether oxygens (including phenoxy) is 1. The second kappa shape index (κ2) is 6.01. The van der Waals surface area contributed by atoms with Crippen LogP contribution in [-0.2, 0) is 7.05 Å². The Hall–Kier alpha value is -2.01. The summed E-state index contributed by atoms with van der Waals surface area (Å²) in [6.45, 7) is 0.866. The third-order valence-corrected chi connectivity index (χ3v) is 4.48. The predicted octanol–water partition coefficient (Wildman–Crippen LogP) is 2.78. The highest BCUT2D eigenvalue weighted by atomic mass is 35.5. The average molecular weight is 320 g/mol. The van der Waals surface area contributed by atoms with Gasteiger partial charge in [-0.25, -0.2) is 4.68 Å². The molecule has 1 aromatic heterocycles. The number of aryl methyl sites for hydroxylation is 1. The second-order valence-electron chi connectivity index (χ2n) is 5.40. The van der Waals surface area contributed by atoms with Gasteiger partial charge in [0.1, 0.15) is 10.8 Å². The zero-order valence-electron chi connectivity index (χ0n) is 12.6. The van der Waals surface area contributed by atoms with Crippen LogP contribution in [-0.4, -0.2) is 23.4 Å². The number of benzene rings is 1. The van der Waals surface area contributed by atoms with Gasteiger partial charge in [0.05, 0.1) is 25.0 Å². The first kappa shape index (κ1) is 14.9. The molecular weight excluding hydrogens is 302 g/mol. The number of methoxy groups -OCH3 is 1. The van der Waals surface area contributed by atoms with Gasteiger partial charge in [-0.15, -0.1) is 0 Å². The Balaban J connectivity index is 1.96. The minimum Gasteiger partial charge on any atom is -0.497 e. The predicted molar refractivity (Wildman–Crippen MR) is 86.8 cm³/mol. The van der Waals surface area contributed by atoms with Gasteiger partial charge in [-0.2, -0.15) is 5.10 Å². The van der Waals surface area contributed by atoms with Gasteiger partial charge in [0, 0.05) is 13.6 Å². The van der Waals surface area contributed by atoms with E-state index in [0.717, 1.165) is 25.1 Å². The lowest BCUT2D eigenvalue weighted by Crippen LogP contribution is -2.28. The summed E-state index contributed by atoms with van der Waals surface area (Å²) in [4.78, 5) is 14.2. The Morgan fingerprint density at radius 3 is 2.73 bits per heavy atom. The van der Waals surface area contributed by atoms with Crippen LogP contribution in [0.15, 0.2) is 35.3 Å². The van der Waals surface area contributed by atoms with Crippen molar-refractivity contribution in [2.45, 2.75) is 18.9 Å². The number of halogens is 1. The maximum Gasteiger partial charge on any atom is 0.287 e. The Labute approximate surface area is 134 Å². The zero-order valence-corrected chi connectivity index (χ0v) is 13.4. The molecule has 116 valence electrons. The Morgan fingerprint density at radius 1 is 1.32 bits per heavy atom. The molecule has 0 N–H and O–H groups in total. The molecule has 0 aliphatic carbocycles. The van der Waals surface area contributed by atoms with Crippen molar-refractivity contribution in [1.82, 2.24) is 9.78 Å². The summed E-state index contributed by atoms with van der Waals surface area (Å²) in [5, 5.41) is 4.33. The highest BCUT2D eigenvalue weighted by Crippen LogP contribution is 2.38. The third-order valence-electron chi connectivity index (χ3n) is 4.12. The molecule has 6 heteroatoms. The van der Waals surface area contributed by atoms with Crippen LogP contribution in [0.4, 0.5) is 5.69 Å². The van der Waals surface area contributed by atoms with Crippen LogP contribution >= 0.6 is 11.6 Å². The fraction of sp³-hybridized carbons (Fsp3) is 0.375. The summed E-state index contributed by atoms with van der Waals surface area (Å²) < 4.78 is 6.46. The minimum absolute atomic E-state index is 0.206. The molecule has 1 aromatic carbocycles. The summed E-state index contributed by atoms with van der Waals surface area (Å²) in [6.07, 6.45) is 3.76. The normalized spacial score (nSPS) is 17.8. The lowest BCUT2D eigenvalue weighted by Gasteiger charge is -2.27. The van der Waals surface area contributed by atoms with Gasteiger partial charge in [-0.05, 0) is 30.5 Å². The van der Waals surface area contributed by atoms with E-state index in [9.17, 15) is 4.79 Å². The Kier molecular flexibility index (Phi) is 4.07. The Bertz CT molecular complexity index is 727. The molecule has 22 heavy (non-hydrogen) atoms. The maximum atomic E-state index is 12.0. The topological polar surface area (TPSA) is 47.4 Å². The molecule has 1 fully saturated rings. The van der Waals surface area contributed by atoms with E-state index in [-0.39, 0.29) is 16.6 Å². The van der Waals surface area contributed by atoms with Crippen molar-refractivity contribution in [3.05, 3.63) is 51.4 Å². The van der Waals surface area contributed by atoms with Crippen molar-refractivity contribution in [3.8, 4) is 5.75 Å². The van der Waals surface area contributed by atoms with Crippen LogP contribution in [0, 0.1) is 0 Å². The van der Waals surface area contributed by atoms with Crippen molar-refractivity contribution >= 4 is 17.3 Å². The molecule has 0 unspecified atom stereocenters. The molecular formula is C16H18ClN3O2. The van der Waals surface area contributed by atoms with E-state index in [0.29, 0.717) is 5.69 Å². The fourth-order valence-electron chi connectivity index (χ4n) is 2.93. The highest BCUT2D eigenvalue weighted by Gasteiger charge is 2.28. The van der Waals surface area contributed by atoms with Crippen molar-refractivity contribution in [3.63, 3.8) is 0 Å². The number of anilines is 1. The van der Waals surface area contributed by atoms with E-state index in [1.54, 1.807) is 20.4 Å². The van der Waals surface area contributed by atoms with Crippen molar-refractivity contribution < 1.29 is 4.74 Å². The molecule has 1 aliphatic rings. The molecule has 0 amide bonds. The molecule has 5 nitrogen and oxygen atoms in total. The molecule has 1 saturated heterocycles. The van der Waals surface area contributed by atoms with Gasteiger partial charge in [0.25, 0.3) is 5.56 Å². The maximum absolute atomic E-state index is 12.0. The second-order valence-corrected chi connectivity index (χ2v) is 5.78. The quantitative estimate of drug-likeness (QED) is 0.873. The van der Waals surface area contributed by atoms with Gasteiger partial charge in [-0.3, -0.25) is 4.79 Å². The number of hydrogen-bond donors (Lipinski definition) is 0. The number of rotatable bonds is 3. The van der Waals surface area contributed by atoms with Crippen molar-refractivity contribution in [2.24, 2.45) is 7.05 Å². The first-order valence-electron chi connectivity index (χ1n) is 7.24. The van der Waals surface area contributed by atoms with Crippen LogP contribution < -0.4 is 15.2 Å². The molecule has 0 radical (unpaired) electrons. The fourth-order valence-corrected chi connectivity index (χ4v) is 3.21. The van der Waals surface area contributed by atoms with Gasteiger partial charge < -0.3 is 9.64 Å². The molecule has 2 aromatic rings. The molecule has 1 atom stereocenters. The van der Waals surface area contributed by atoms with Crippen molar-refractivity contribution in [2.75, 3.05) is 18.6 Å². The standard InChI is InChI=1S/C16H18ClN3O2/c1-19-16(21)15(17)14(10-18-19)20-9-3-4-13(20)11-5-7-12(22-2)8-6-11/h5-8,10,13H,3-4,9H2,1-2H3/t13-/m0/s1. The first-order chi connectivity index (χ1) is 10.6. The monoisotopic (exact) mass is 319 g/mol. The molecule has 0 saturated carbocycles. The largest absolute Gasteiger partial charge is 0.497 e. The number of nitrogens with zero attached hydrogens (tertiary/aromatic N) is 3. The SMILES string of the molecule is COc1ccc([C@@H]2CCCN2c2cnn(C)c(=O)c2Cl)cc1. The van der Waals surface area contributed by atoms with E-state index in [1.807, 2.05) is 12.1 Å². The van der Waals surface area contributed by atoms with E-state index in [2.05, 4.69) is 22.1 Å². The van der Waals surface area contributed by atoms with Crippen LogP contribution in [0.25, 0.3) is 0 Å². The Morgan fingerprint density at radius 2 is 2.05 bits per heavy atom. The molecule has 0 spiro atoms. The summed E-state index contributed by atoms with van der Waals surface area (Å²) in [6, 6.07) is 8.23. The van der Waals surface area contributed by atoms with Gasteiger partial charge in [0.2, 0.25) is 0 Å². The zero-order chi connectivity index (χ0) is 15.7. The van der Waals surface area contributed by atoms with E-state index in [4.69, 9.17) is 16.3 Å². The lowest BCUT2D eigenvalue weighted by molar-refractivity contribution is 0.414. The molecule has 1 aliphatic heterocycles. The van der Waals surface area contributed by atoms with E-state index >= 15 is 0 Å². The van der Waals surface area contributed by atoms with Crippen LogP contribution in [0.2, 0.25) is 5.02 Å². The summed E-state index contributed by atoms with van der Waals surface area (Å²) >= 11 is 6.24. The van der Waals surface area contributed by atoms with Crippen LogP contribution in [0.3, 0.4) is 0 Å². The highest BCUT2D eigenvalue weighted by molar-refractivity contribution is 6.33. The summed E-state index contributed by atoms with van der Waals surface area (Å²) in [7, 11) is 3.25. The smallest absolute Gasteiger partial charge is 0.287 e. The van der Waals surface area contributed by atoms with Crippen LogP contribution in [0.1, 0.15) is 24.4 Å². The first-order valence-corrected chi connectivity index (χ1v) is 7.62. The third kappa shape index (κ3) is 2.57. The van der Waals surface area contributed by atoms with E-state index in [1.165, 1.54) is 10.2 Å². The average Bonchev–Trinajstić information content (AvgIpc) is 3.02. The van der Waals surface area contributed by atoms with Gasteiger partial charge in [-0.1, -0.05) is 23.7 Å². The minimum atomic E-state index is -0.264. The number of hydrogen-bond acceptors (Lipinski definition) is 4. The summed E-state index contributed by atoms with van der Waals surface area (Å²) in [5.41, 5.74) is 1.64. The number of aromatic nitrogens is 2. The van der Waals surface area contributed by atoms with Gasteiger partial charge >= 0.3 is 0 Å². The molecule has 2 heterocycles. The molecule has 3 rings (SSSR count).